The predicted octanol–water partition coefficient (Wildman–Crippen LogP) is 25.8. The molecule has 99 heavy (non-hydrogen) atoms. The van der Waals surface area contributed by atoms with E-state index in [0.29, 0.717) is 0 Å². The summed E-state index contributed by atoms with van der Waals surface area (Å²) >= 11 is 0. The molecule has 1 spiro atoms. The molecule has 0 unspecified atom stereocenters. The van der Waals surface area contributed by atoms with E-state index in [9.17, 15) is 0 Å². The van der Waals surface area contributed by atoms with Gasteiger partial charge in [-0.05, 0) is 228 Å². The van der Waals surface area contributed by atoms with E-state index in [1.165, 1.54) is 209 Å². The maximum Gasteiger partial charge on any atom is 0.0725 e. The molecule has 20 aromatic rings. The van der Waals surface area contributed by atoms with E-state index in [1.807, 2.05) is 0 Å². The number of rotatable bonds is 6. The first kappa shape index (κ1) is 54.4. The van der Waals surface area contributed by atoms with Gasteiger partial charge < -0.3 is 9.13 Å². The minimum atomic E-state index is -0.519. The van der Waals surface area contributed by atoms with Crippen molar-refractivity contribution >= 4 is 108 Å². The number of hydrogen-bond donors (Lipinski definition) is 0. The molecule has 0 amide bonds. The van der Waals surface area contributed by atoms with Gasteiger partial charge in [-0.1, -0.05) is 267 Å². The van der Waals surface area contributed by atoms with E-state index >= 15 is 0 Å². The second-order valence-electron chi connectivity index (χ2n) is 27.4. The van der Waals surface area contributed by atoms with Gasteiger partial charge in [0.25, 0.3) is 0 Å². The fourth-order valence-corrected chi connectivity index (χ4v) is 18.0. The summed E-state index contributed by atoms with van der Waals surface area (Å²) in [5.41, 5.74) is 26.9. The van der Waals surface area contributed by atoms with Crippen molar-refractivity contribution in [3.05, 3.63) is 374 Å². The molecule has 0 N–H and O–H groups in total. The maximum atomic E-state index is 2.52. The molecule has 2 heterocycles. The molecule has 0 atom stereocenters. The molecule has 2 nitrogen and oxygen atoms in total. The van der Waals surface area contributed by atoms with Crippen LogP contribution in [0.15, 0.2) is 352 Å². The third-order valence-corrected chi connectivity index (χ3v) is 22.4. The Balaban J connectivity index is 0.611. The van der Waals surface area contributed by atoms with Crippen LogP contribution >= 0.6 is 0 Å². The molecule has 2 aromatic heterocycles. The largest absolute Gasteiger partial charge is 0.309 e. The van der Waals surface area contributed by atoms with Crippen LogP contribution in [0.5, 0.6) is 0 Å². The van der Waals surface area contributed by atoms with Gasteiger partial charge in [-0.3, -0.25) is 0 Å². The second kappa shape index (κ2) is 20.6. The van der Waals surface area contributed by atoms with Crippen molar-refractivity contribution in [2.24, 2.45) is 0 Å². The third-order valence-electron chi connectivity index (χ3n) is 22.4. The molecule has 22 rings (SSSR count). The second-order valence-corrected chi connectivity index (χ2v) is 27.4. The van der Waals surface area contributed by atoms with E-state index in [0.717, 1.165) is 0 Å². The van der Waals surface area contributed by atoms with Crippen LogP contribution in [-0.4, -0.2) is 9.13 Å². The highest BCUT2D eigenvalue weighted by Crippen LogP contribution is 2.64. The van der Waals surface area contributed by atoms with Gasteiger partial charge in [0.1, 0.15) is 0 Å². The highest BCUT2D eigenvalue weighted by atomic mass is 15.0. The summed E-state index contributed by atoms with van der Waals surface area (Å²) in [5, 5.41) is 19.9. The van der Waals surface area contributed by atoms with Gasteiger partial charge in [-0.15, -0.1) is 0 Å². The minimum Gasteiger partial charge on any atom is -0.309 e. The van der Waals surface area contributed by atoms with Gasteiger partial charge in [0, 0.05) is 32.3 Å². The van der Waals surface area contributed by atoms with Crippen LogP contribution in [0.3, 0.4) is 0 Å². The summed E-state index contributed by atoms with van der Waals surface area (Å²) in [6, 6.07) is 133. The quantitative estimate of drug-likeness (QED) is 0.147. The molecule has 0 bridgehead atoms. The van der Waals surface area contributed by atoms with E-state index in [4.69, 9.17) is 0 Å². The first-order chi connectivity index (χ1) is 49.1. The smallest absolute Gasteiger partial charge is 0.0725 e. The average Bonchev–Trinajstić information content (AvgIpc) is 1.51. The van der Waals surface area contributed by atoms with E-state index in [1.54, 1.807) is 0 Å². The van der Waals surface area contributed by atoms with E-state index in [-0.39, 0.29) is 0 Å². The third kappa shape index (κ3) is 7.77. The van der Waals surface area contributed by atoms with Crippen LogP contribution < -0.4 is 0 Å². The Morgan fingerprint density at radius 2 is 0.455 bits per heavy atom. The monoisotopic (exact) mass is 1250 g/mol. The fourth-order valence-electron chi connectivity index (χ4n) is 18.0. The Hall–Kier alpha value is -12.9. The molecular formula is C97H58N2. The zero-order valence-corrected chi connectivity index (χ0v) is 53.9. The Morgan fingerprint density at radius 3 is 0.879 bits per heavy atom. The van der Waals surface area contributed by atoms with Crippen molar-refractivity contribution in [3.8, 4) is 78.1 Å². The van der Waals surface area contributed by atoms with Gasteiger partial charge >= 0.3 is 0 Å². The Kier molecular flexibility index (Phi) is 11.3. The number of hydrogen-bond acceptors (Lipinski definition) is 0. The number of fused-ring (bicyclic) bond motifs is 24. The van der Waals surface area contributed by atoms with Crippen LogP contribution in [0, 0.1) is 0 Å². The summed E-state index contributed by atoms with van der Waals surface area (Å²) in [6.07, 6.45) is 0. The van der Waals surface area contributed by atoms with Gasteiger partial charge in [0.05, 0.1) is 38.9 Å². The summed E-state index contributed by atoms with van der Waals surface area (Å²) in [5.74, 6) is 0. The minimum absolute atomic E-state index is 0.519. The lowest BCUT2D eigenvalue weighted by atomic mass is 9.70. The summed E-state index contributed by atoms with van der Waals surface area (Å²) in [7, 11) is 0. The van der Waals surface area contributed by atoms with Crippen LogP contribution in [0.2, 0.25) is 0 Å². The number of benzene rings is 18. The molecule has 2 aliphatic rings. The van der Waals surface area contributed by atoms with Crippen molar-refractivity contribution < 1.29 is 0 Å². The molecular weight excluding hydrogens is 1190 g/mol. The molecule has 2 aliphatic carbocycles. The molecule has 0 fully saturated rings. The maximum absolute atomic E-state index is 2.52. The van der Waals surface area contributed by atoms with Crippen molar-refractivity contribution in [2.75, 3.05) is 0 Å². The molecule has 0 saturated carbocycles. The van der Waals surface area contributed by atoms with Crippen molar-refractivity contribution in [1.82, 2.24) is 9.13 Å². The Morgan fingerprint density at radius 1 is 0.162 bits per heavy atom. The van der Waals surface area contributed by atoms with Crippen molar-refractivity contribution in [2.45, 2.75) is 5.41 Å². The van der Waals surface area contributed by atoms with Gasteiger partial charge in [-0.25, -0.2) is 0 Å². The van der Waals surface area contributed by atoms with Crippen LogP contribution in [0.1, 0.15) is 22.3 Å². The van der Waals surface area contributed by atoms with Gasteiger partial charge in [-0.2, -0.15) is 0 Å². The lowest BCUT2D eigenvalue weighted by Gasteiger charge is -2.31. The predicted molar refractivity (Wildman–Crippen MR) is 418 cm³/mol. The molecule has 2 heteroatoms. The number of aromatic nitrogens is 2. The van der Waals surface area contributed by atoms with E-state index in [2.05, 4.69) is 361 Å². The van der Waals surface area contributed by atoms with Crippen molar-refractivity contribution in [1.29, 1.82) is 0 Å². The lowest BCUT2D eigenvalue weighted by molar-refractivity contribution is 0.794. The van der Waals surface area contributed by atoms with Gasteiger partial charge in [0.15, 0.2) is 0 Å². The fraction of sp³-hybridized carbons (Fsp3) is 0.0103. The standard InChI is InChI=1S/C97H58N2/c1-3-19-73-71(17-1)57-95(81-25-7-5-21-75(73)81)98-91-31-15-11-27-83(91)85-53-67(43-47-93(85)98)63-37-33-61-51-65(39-35-59(61)49-63)69-41-45-79-80-46-42-70(56-90(80)97(89(79)55-69)87-29-13-9-23-77(87)78-24-10-14-30-88(78)97)66-40-36-60-50-64(38-34-62(60)52-66)68-44-48-94-86(54-68)84-28-12-16-32-92(84)99(94)96-58-72-18-2-4-20-74(72)76-22-6-8-26-82(76)96/h1-58H. The normalized spacial score (nSPS) is 12.9. The van der Waals surface area contributed by atoms with Gasteiger partial charge in [0.2, 0.25) is 0 Å². The summed E-state index contributed by atoms with van der Waals surface area (Å²) in [4.78, 5) is 0. The zero-order valence-electron chi connectivity index (χ0n) is 53.9. The summed E-state index contributed by atoms with van der Waals surface area (Å²) in [6.45, 7) is 0. The first-order valence-corrected chi connectivity index (χ1v) is 34.5. The summed E-state index contributed by atoms with van der Waals surface area (Å²) < 4.78 is 4.95. The van der Waals surface area contributed by atoms with E-state index < -0.39 is 5.41 Å². The molecule has 0 saturated heterocycles. The first-order valence-electron chi connectivity index (χ1n) is 34.5. The molecule has 456 valence electrons. The van der Waals surface area contributed by atoms with Crippen LogP contribution in [0.25, 0.3) is 186 Å². The SMILES string of the molecule is c1ccc2c(c1)-c1ccccc1C21c2cc(-c3ccc4cc(-c5ccc6c(c5)c5ccccc5n6-c5cc6ccccc6c6ccccc56)ccc4c3)ccc2-c2ccc(-c3ccc4cc(-c5ccc6c(c5)c5ccccc5n6-c5cc6ccccc6c6ccccc56)ccc4c3)cc21. The van der Waals surface area contributed by atoms with Crippen LogP contribution in [-0.2, 0) is 5.41 Å². The highest BCUT2D eigenvalue weighted by molar-refractivity contribution is 6.18. The zero-order chi connectivity index (χ0) is 64.6. The molecule has 0 radical (unpaired) electrons. The molecule has 18 aromatic carbocycles. The number of nitrogens with zero attached hydrogens (tertiary/aromatic N) is 2. The lowest BCUT2D eigenvalue weighted by Crippen LogP contribution is -2.26. The van der Waals surface area contributed by atoms with Crippen molar-refractivity contribution in [3.63, 3.8) is 0 Å². The topological polar surface area (TPSA) is 9.86 Å². The Bertz CT molecular complexity index is 6510. The number of para-hydroxylation sites is 2. The molecule has 0 aliphatic heterocycles. The average molecular weight is 1250 g/mol. The highest BCUT2D eigenvalue weighted by Gasteiger charge is 2.52. The Labute approximate surface area is 571 Å². The van der Waals surface area contributed by atoms with Crippen LogP contribution in [0.4, 0.5) is 0 Å².